The monoisotopic (exact) mass is 357 g/mol. The molecule has 3 aromatic rings. The number of aromatic amines is 1. The van der Waals surface area contributed by atoms with Gasteiger partial charge in [-0.2, -0.15) is 13.2 Å². The number of thiophene rings is 1. The van der Waals surface area contributed by atoms with Crippen LogP contribution < -0.4 is 5.56 Å². The second kappa shape index (κ2) is 5.27. The predicted octanol–water partition coefficient (Wildman–Crippen LogP) is 4.05. The quantitative estimate of drug-likeness (QED) is 0.669. The van der Waals surface area contributed by atoms with Crippen LogP contribution in [0.15, 0.2) is 23.0 Å². The Morgan fingerprint density at radius 1 is 1.35 bits per heavy atom. The van der Waals surface area contributed by atoms with E-state index < -0.39 is 22.7 Å². The van der Waals surface area contributed by atoms with E-state index in [9.17, 15) is 18.0 Å². The Bertz CT molecular complexity index is 1030. The van der Waals surface area contributed by atoms with Crippen LogP contribution in [-0.2, 0) is 13.2 Å². The summed E-state index contributed by atoms with van der Waals surface area (Å²) in [5.74, 6) is 0. The molecule has 3 aromatic heterocycles. The molecule has 0 aliphatic heterocycles. The van der Waals surface area contributed by atoms with Crippen molar-refractivity contribution < 1.29 is 13.2 Å². The van der Waals surface area contributed by atoms with E-state index in [-0.39, 0.29) is 16.1 Å². The lowest BCUT2D eigenvalue weighted by molar-refractivity contribution is -0.136. The molecule has 0 spiro atoms. The second-order valence-electron chi connectivity index (χ2n) is 4.98. The van der Waals surface area contributed by atoms with Crippen LogP contribution in [0.5, 0.6) is 0 Å². The third kappa shape index (κ3) is 2.70. The van der Waals surface area contributed by atoms with Crippen LogP contribution in [0.4, 0.5) is 13.2 Å². The average Bonchev–Trinajstić information content (AvgIpc) is 2.89. The highest BCUT2D eigenvalue weighted by Crippen LogP contribution is 2.36. The number of nitrogens with zero attached hydrogens (tertiary/aromatic N) is 2. The van der Waals surface area contributed by atoms with Crippen molar-refractivity contribution in [3.63, 3.8) is 0 Å². The van der Waals surface area contributed by atoms with Crippen molar-refractivity contribution in [3.05, 3.63) is 43.8 Å². The molecule has 0 atom stereocenters. The molecule has 4 nitrogen and oxygen atoms in total. The molecule has 1 N–H and O–H groups in total. The molecule has 0 unspecified atom stereocenters. The summed E-state index contributed by atoms with van der Waals surface area (Å²) in [5.41, 5.74) is -1.83. The van der Waals surface area contributed by atoms with Crippen molar-refractivity contribution in [2.24, 2.45) is 7.05 Å². The number of hydrogen-bond acceptors (Lipinski definition) is 4. The topological polar surface area (TPSA) is 50.7 Å². The molecule has 0 radical (unpaired) electrons. The maximum Gasteiger partial charge on any atom is 0.417 e. The number of aromatic nitrogens is 3. The maximum atomic E-state index is 13.4. The van der Waals surface area contributed by atoms with Gasteiger partial charge in [0.1, 0.15) is 5.65 Å². The Morgan fingerprint density at radius 3 is 2.61 bits per heavy atom. The van der Waals surface area contributed by atoms with Crippen LogP contribution in [0.2, 0.25) is 0 Å². The third-order valence-corrected chi connectivity index (χ3v) is 4.77. The minimum atomic E-state index is -4.68. The lowest BCUT2D eigenvalue weighted by Gasteiger charge is -2.13. The van der Waals surface area contributed by atoms with E-state index in [1.807, 2.05) is 6.92 Å². The van der Waals surface area contributed by atoms with Crippen molar-refractivity contribution in [1.82, 2.24) is 14.5 Å². The van der Waals surface area contributed by atoms with E-state index in [0.29, 0.717) is 4.88 Å². The van der Waals surface area contributed by atoms with Crippen LogP contribution in [0.25, 0.3) is 21.6 Å². The number of alkyl halides is 3. The number of rotatable bonds is 1. The normalized spacial score (nSPS) is 12.0. The van der Waals surface area contributed by atoms with Gasteiger partial charge in [-0.3, -0.25) is 9.78 Å². The van der Waals surface area contributed by atoms with Crippen LogP contribution in [-0.4, -0.2) is 14.5 Å². The molecule has 0 saturated heterocycles. The van der Waals surface area contributed by atoms with E-state index >= 15 is 0 Å². The van der Waals surface area contributed by atoms with Crippen molar-refractivity contribution >= 4 is 34.6 Å². The predicted molar refractivity (Wildman–Crippen MR) is 85.2 cm³/mol. The highest BCUT2D eigenvalue weighted by atomic mass is 32.1. The van der Waals surface area contributed by atoms with Gasteiger partial charge in [0.2, 0.25) is 0 Å². The molecular weight excluding hydrogens is 347 g/mol. The van der Waals surface area contributed by atoms with E-state index in [1.165, 1.54) is 23.0 Å². The zero-order chi connectivity index (χ0) is 16.9. The van der Waals surface area contributed by atoms with Gasteiger partial charge < -0.3 is 4.57 Å². The van der Waals surface area contributed by atoms with Crippen molar-refractivity contribution in [2.45, 2.75) is 13.1 Å². The molecule has 9 heteroatoms. The first-order chi connectivity index (χ1) is 10.7. The summed E-state index contributed by atoms with van der Waals surface area (Å²) in [4.78, 5) is 20.0. The van der Waals surface area contributed by atoms with Gasteiger partial charge in [-0.1, -0.05) is 0 Å². The lowest BCUT2D eigenvalue weighted by Crippen LogP contribution is -2.19. The average molecular weight is 357 g/mol. The number of fused-ring (bicyclic) bond motifs is 1. The van der Waals surface area contributed by atoms with E-state index in [4.69, 9.17) is 12.2 Å². The molecule has 0 fully saturated rings. The molecule has 0 aromatic carbocycles. The largest absolute Gasteiger partial charge is 0.417 e. The minimum absolute atomic E-state index is 0.0163. The van der Waals surface area contributed by atoms with E-state index in [0.717, 1.165) is 10.9 Å². The van der Waals surface area contributed by atoms with Gasteiger partial charge in [-0.15, -0.1) is 11.3 Å². The van der Waals surface area contributed by atoms with Crippen LogP contribution in [0, 0.1) is 11.7 Å². The van der Waals surface area contributed by atoms with Crippen LogP contribution in [0.3, 0.4) is 0 Å². The molecule has 23 heavy (non-hydrogen) atoms. The Balaban J connectivity index is 2.50. The smallest absolute Gasteiger partial charge is 0.306 e. The molecule has 120 valence electrons. The Kier molecular flexibility index (Phi) is 3.64. The fourth-order valence-corrected chi connectivity index (χ4v) is 3.27. The standard InChI is InChI=1S/C14H10F3N3OS2/c1-6-3-4-9(23-6)8-5-7(14(15,16)17)10-11(18-8)20(2)13(22)19-12(10)21/h3-5H,1-2H3,(H,19,21,22). The van der Waals surface area contributed by atoms with Gasteiger partial charge in [-0.05, 0) is 37.3 Å². The lowest BCUT2D eigenvalue weighted by atomic mass is 10.1. The third-order valence-electron chi connectivity index (χ3n) is 3.37. The number of pyridine rings is 1. The highest BCUT2D eigenvalue weighted by molar-refractivity contribution is 7.71. The molecule has 3 rings (SSSR count). The molecule has 0 aliphatic rings. The first-order valence-corrected chi connectivity index (χ1v) is 7.69. The molecule has 0 aliphatic carbocycles. The first-order valence-electron chi connectivity index (χ1n) is 6.46. The Labute approximate surface area is 137 Å². The molecule has 3 heterocycles. The number of nitrogens with one attached hydrogen (secondary N) is 1. The van der Waals surface area contributed by atoms with Gasteiger partial charge in [0.15, 0.2) is 4.77 Å². The first kappa shape index (κ1) is 15.9. The molecular formula is C14H10F3N3OS2. The molecule has 0 bridgehead atoms. The summed E-state index contributed by atoms with van der Waals surface area (Å²) in [6, 6.07) is 4.41. The van der Waals surface area contributed by atoms with E-state index in [1.54, 1.807) is 12.1 Å². The maximum absolute atomic E-state index is 13.4. The Hall–Kier alpha value is -2.00. The van der Waals surface area contributed by atoms with Gasteiger partial charge in [0.25, 0.3) is 5.56 Å². The summed E-state index contributed by atoms with van der Waals surface area (Å²) < 4.78 is 41.5. The van der Waals surface area contributed by atoms with Gasteiger partial charge in [-0.25, -0.2) is 4.98 Å². The van der Waals surface area contributed by atoms with Crippen molar-refractivity contribution in [3.8, 4) is 10.6 Å². The number of aryl methyl sites for hydroxylation is 2. The summed E-state index contributed by atoms with van der Waals surface area (Å²) in [6.07, 6.45) is -4.68. The molecule has 0 saturated carbocycles. The summed E-state index contributed by atoms with van der Waals surface area (Å²) in [6.45, 7) is 1.85. The minimum Gasteiger partial charge on any atom is -0.306 e. The fourth-order valence-electron chi connectivity index (χ4n) is 2.26. The Morgan fingerprint density at radius 2 is 2.04 bits per heavy atom. The zero-order valence-corrected chi connectivity index (χ0v) is 13.6. The summed E-state index contributed by atoms with van der Waals surface area (Å²) in [7, 11) is 1.47. The SMILES string of the molecule is Cc1ccc(-c2cc(C(F)(F)F)c3c(=O)[nH]c(=S)n(C)c3n2)s1. The highest BCUT2D eigenvalue weighted by Gasteiger charge is 2.35. The summed E-state index contributed by atoms with van der Waals surface area (Å²) >= 11 is 6.29. The van der Waals surface area contributed by atoms with Gasteiger partial charge >= 0.3 is 6.18 Å². The second-order valence-corrected chi connectivity index (χ2v) is 6.65. The summed E-state index contributed by atoms with van der Waals surface area (Å²) in [5, 5.41) is -0.509. The van der Waals surface area contributed by atoms with Gasteiger partial charge in [0, 0.05) is 11.9 Å². The van der Waals surface area contributed by atoms with Crippen molar-refractivity contribution in [1.29, 1.82) is 0 Å². The fraction of sp³-hybridized carbons (Fsp3) is 0.214. The van der Waals surface area contributed by atoms with E-state index in [2.05, 4.69) is 9.97 Å². The molecule has 0 amide bonds. The van der Waals surface area contributed by atoms with Gasteiger partial charge in [0.05, 0.1) is 21.5 Å². The van der Waals surface area contributed by atoms with Crippen molar-refractivity contribution in [2.75, 3.05) is 0 Å². The number of H-pyrrole nitrogens is 1. The zero-order valence-electron chi connectivity index (χ0n) is 12.0. The number of hydrogen-bond donors (Lipinski definition) is 1. The van der Waals surface area contributed by atoms with Crippen LogP contribution >= 0.6 is 23.6 Å². The number of halogens is 3. The van der Waals surface area contributed by atoms with Crippen LogP contribution in [0.1, 0.15) is 10.4 Å².